The number of carbonyl (C=O) groups excluding carboxylic acids is 1. The topological polar surface area (TPSA) is 66.9 Å². The van der Waals surface area contributed by atoms with E-state index in [0.29, 0.717) is 39.1 Å². The van der Waals surface area contributed by atoms with Gasteiger partial charge >= 0.3 is 5.97 Å². The fraction of sp³-hybridized carbons (Fsp3) is 0.917. The van der Waals surface area contributed by atoms with Crippen molar-refractivity contribution in [1.82, 2.24) is 8.61 Å². The normalized spacial score (nSPS) is 21.6. The van der Waals surface area contributed by atoms with Gasteiger partial charge in [-0.25, -0.2) is 0 Å². The Morgan fingerprint density at radius 1 is 1.32 bits per heavy atom. The van der Waals surface area contributed by atoms with E-state index in [4.69, 9.17) is 4.74 Å². The third-order valence-electron chi connectivity index (χ3n) is 3.36. The molecular weight excluding hydrogens is 268 g/mol. The van der Waals surface area contributed by atoms with Crippen LogP contribution in [0.2, 0.25) is 0 Å². The van der Waals surface area contributed by atoms with E-state index in [9.17, 15) is 13.2 Å². The Morgan fingerprint density at radius 2 is 1.95 bits per heavy atom. The lowest BCUT2D eigenvalue weighted by atomic mass is 10.0. The van der Waals surface area contributed by atoms with Crippen molar-refractivity contribution < 1.29 is 17.9 Å². The van der Waals surface area contributed by atoms with E-state index in [-0.39, 0.29) is 18.4 Å². The Kier molecular flexibility index (Phi) is 6.22. The van der Waals surface area contributed by atoms with Gasteiger partial charge < -0.3 is 4.74 Å². The van der Waals surface area contributed by atoms with Crippen molar-refractivity contribution >= 4 is 16.2 Å². The molecule has 6 nitrogen and oxygen atoms in total. The number of hydrogen-bond donors (Lipinski definition) is 0. The fourth-order valence-corrected chi connectivity index (χ4v) is 4.02. The second kappa shape index (κ2) is 7.21. The van der Waals surface area contributed by atoms with Gasteiger partial charge in [0.05, 0.1) is 12.5 Å². The molecule has 0 aromatic heterocycles. The van der Waals surface area contributed by atoms with E-state index in [2.05, 4.69) is 0 Å². The van der Waals surface area contributed by atoms with E-state index < -0.39 is 10.2 Å². The highest BCUT2D eigenvalue weighted by molar-refractivity contribution is 7.86. The molecule has 0 spiro atoms. The summed E-state index contributed by atoms with van der Waals surface area (Å²) in [7, 11) is -3.45. The van der Waals surface area contributed by atoms with Gasteiger partial charge in [0.15, 0.2) is 0 Å². The summed E-state index contributed by atoms with van der Waals surface area (Å²) in [6, 6.07) is 0. The van der Waals surface area contributed by atoms with Gasteiger partial charge in [0.2, 0.25) is 0 Å². The van der Waals surface area contributed by atoms with Crippen LogP contribution in [0.3, 0.4) is 0 Å². The van der Waals surface area contributed by atoms with E-state index in [0.717, 1.165) is 0 Å². The van der Waals surface area contributed by atoms with Crippen LogP contribution in [0.15, 0.2) is 0 Å². The maximum atomic E-state index is 12.4. The maximum Gasteiger partial charge on any atom is 0.310 e. The standard InChI is InChI=1S/C12H24N2O4S/c1-4-13(5-2)19(16,17)14-9-7-8-11(10-14)12(15)18-6-3/h11H,4-10H2,1-3H3. The average Bonchev–Trinajstić information content (AvgIpc) is 2.40. The van der Waals surface area contributed by atoms with Gasteiger partial charge in [-0.3, -0.25) is 4.79 Å². The van der Waals surface area contributed by atoms with Crippen LogP contribution in [0, 0.1) is 5.92 Å². The molecule has 0 radical (unpaired) electrons. The first-order valence-corrected chi connectivity index (χ1v) is 8.28. The smallest absolute Gasteiger partial charge is 0.310 e. The minimum Gasteiger partial charge on any atom is -0.466 e. The average molecular weight is 292 g/mol. The van der Waals surface area contributed by atoms with Crippen molar-refractivity contribution in [1.29, 1.82) is 0 Å². The Bertz CT molecular complexity index is 393. The lowest BCUT2D eigenvalue weighted by molar-refractivity contribution is -0.149. The van der Waals surface area contributed by atoms with E-state index >= 15 is 0 Å². The lowest BCUT2D eigenvalue weighted by Crippen LogP contribution is -2.49. The monoisotopic (exact) mass is 292 g/mol. The molecule has 0 amide bonds. The third-order valence-corrected chi connectivity index (χ3v) is 5.52. The molecule has 19 heavy (non-hydrogen) atoms. The van der Waals surface area contributed by atoms with Gasteiger partial charge in [-0.15, -0.1) is 0 Å². The number of piperidine rings is 1. The molecule has 1 rings (SSSR count). The summed E-state index contributed by atoms with van der Waals surface area (Å²) in [6.07, 6.45) is 1.40. The molecule has 0 aromatic rings. The summed E-state index contributed by atoms with van der Waals surface area (Å²) in [5.74, 6) is -0.624. The second-order valence-corrected chi connectivity index (χ2v) is 6.47. The van der Waals surface area contributed by atoms with Crippen LogP contribution in [0.25, 0.3) is 0 Å². The first kappa shape index (κ1) is 16.4. The zero-order valence-corrected chi connectivity index (χ0v) is 12.8. The first-order chi connectivity index (χ1) is 8.97. The van der Waals surface area contributed by atoms with Gasteiger partial charge in [-0.2, -0.15) is 17.0 Å². The molecule has 0 N–H and O–H groups in total. The third kappa shape index (κ3) is 3.90. The Balaban J connectivity index is 2.76. The summed E-state index contributed by atoms with van der Waals surface area (Å²) in [4.78, 5) is 11.7. The summed E-state index contributed by atoms with van der Waals surface area (Å²) < 4.78 is 32.6. The van der Waals surface area contributed by atoms with Crippen molar-refractivity contribution in [2.75, 3.05) is 32.8 Å². The molecule has 112 valence electrons. The number of hydrogen-bond acceptors (Lipinski definition) is 4. The molecule has 1 saturated heterocycles. The minimum absolute atomic E-state index is 0.234. The maximum absolute atomic E-state index is 12.4. The quantitative estimate of drug-likeness (QED) is 0.681. The van der Waals surface area contributed by atoms with Crippen molar-refractivity contribution in [3.63, 3.8) is 0 Å². The molecule has 7 heteroatoms. The Labute approximate surface area is 115 Å². The molecule has 1 unspecified atom stereocenters. The zero-order valence-electron chi connectivity index (χ0n) is 12.0. The molecule has 0 aromatic carbocycles. The molecule has 1 aliphatic rings. The summed E-state index contributed by atoms with van der Waals surface area (Å²) in [5, 5.41) is 0. The van der Waals surface area contributed by atoms with Crippen LogP contribution in [0.4, 0.5) is 0 Å². The van der Waals surface area contributed by atoms with Crippen LogP contribution >= 0.6 is 0 Å². The predicted molar refractivity (Wildman–Crippen MR) is 72.8 cm³/mol. The molecular formula is C12H24N2O4S. The van der Waals surface area contributed by atoms with E-state index in [1.54, 1.807) is 6.92 Å². The Hall–Kier alpha value is -0.660. The largest absolute Gasteiger partial charge is 0.466 e. The number of esters is 1. The summed E-state index contributed by atoms with van der Waals surface area (Å²) >= 11 is 0. The molecule has 0 saturated carbocycles. The van der Waals surface area contributed by atoms with Crippen molar-refractivity contribution in [3.05, 3.63) is 0 Å². The molecule has 0 aliphatic carbocycles. The highest BCUT2D eigenvalue weighted by Gasteiger charge is 2.35. The van der Waals surface area contributed by atoms with Gasteiger partial charge in [-0.1, -0.05) is 13.8 Å². The number of nitrogens with zero attached hydrogens (tertiary/aromatic N) is 2. The SMILES string of the molecule is CCOC(=O)C1CCCN(S(=O)(=O)N(CC)CC)C1. The van der Waals surface area contributed by atoms with E-state index in [1.165, 1.54) is 8.61 Å². The molecule has 1 fully saturated rings. The number of carbonyl (C=O) groups is 1. The van der Waals surface area contributed by atoms with Crippen molar-refractivity contribution in [2.45, 2.75) is 33.6 Å². The van der Waals surface area contributed by atoms with Crippen LogP contribution in [0.1, 0.15) is 33.6 Å². The zero-order chi connectivity index (χ0) is 14.5. The molecule has 0 bridgehead atoms. The molecule has 1 atom stereocenters. The number of ether oxygens (including phenoxy) is 1. The fourth-order valence-electron chi connectivity index (χ4n) is 2.32. The van der Waals surface area contributed by atoms with Crippen LogP contribution in [-0.2, 0) is 19.7 Å². The minimum atomic E-state index is -3.45. The Morgan fingerprint density at radius 3 is 2.47 bits per heavy atom. The van der Waals surface area contributed by atoms with Gasteiger partial charge in [0.25, 0.3) is 10.2 Å². The summed E-state index contributed by atoms with van der Waals surface area (Å²) in [6.45, 7) is 7.32. The predicted octanol–water partition coefficient (Wildman–Crippen LogP) is 0.848. The first-order valence-electron chi connectivity index (χ1n) is 6.89. The van der Waals surface area contributed by atoms with Gasteiger partial charge in [0, 0.05) is 26.2 Å². The second-order valence-electron chi connectivity index (χ2n) is 4.54. The van der Waals surface area contributed by atoms with Crippen molar-refractivity contribution in [3.8, 4) is 0 Å². The number of rotatable bonds is 6. The van der Waals surface area contributed by atoms with Crippen molar-refractivity contribution in [2.24, 2.45) is 5.92 Å². The van der Waals surface area contributed by atoms with Gasteiger partial charge in [0.1, 0.15) is 0 Å². The van der Waals surface area contributed by atoms with Crippen LogP contribution < -0.4 is 0 Å². The van der Waals surface area contributed by atoms with Gasteiger partial charge in [-0.05, 0) is 19.8 Å². The van der Waals surface area contributed by atoms with E-state index in [1.807, 2.05) is 13.8 Å². The molecule has 1 heterocycles. The summed E-state index contributed by atoms with van der Waals surface area (Å²) in [5.41, 5.74) is 0. The van der Waals surface area contributed by atoms with Crippen LogP contribution in [0.5, 0.6) is 0 Å². The van der Waals surface area contributed by atoms with Crippen LogP contribution in [-0.4, -0.2) is 55.8 Å². The molecule has 1 aliphatic heterocycles. The lowest BCUT2D eigenvalue weighted by Gasteiger charge is -2.34. The highest BCUT2D eigenvalue weighted by atomic mass is 32.2. The highest BCUT2D eigenvalue weighted by Crippen LogP contribution is 2.22.